The molecule has 0 amide bonds. The Labute approximate surface area is 166 Å². The smallest absolute Gasteiger partial charge is 0.00491 e. The Morgan fingerprint density at radius 2 is 1.33 bits per heavy atom. The summed E-state index contributed by atoms with van der Waals surface area (Å²) in [5.74, 6) is 0.608. The number of benzene rings is 2. The van der Waals surface area contributed by atoms with Gasteiger partial charge in [0.15, 0.2) is 0 Å². The third-order valence-corrected chi connectivity index (χ3v) is 5.87. The monoisotopic (exact) mass is 360 g/mol. The maximum atomic E-state index is 2.43. The van der Waals surface area contributed by atoms with Gasteiger partial charge in [0.25, 0.3) is 0 Å². The second-order valence-corrected chi connectivity index (χ2v) is 10.7. The van der Waals surface area contributed by atoms with E-state index in [4.69, 9.17) is 0 Å². The Hall–Kier alpha value is -1.82. The molecule has 2 aromatic carbocycles. The highest BCUT2D eigenvalue weighted by atomic mass is 14.3. The molecule has 27 heavy (non-hydrogen) atoms. The van der Waals surface area contributed by atoms with Gasteiger partial charge in [0.2, 0.25) is 0 Å². The number of aryl methyl sites for hydroxylation is 1. The van der Waals surface area contributed by atoms with Crippen LogP contribution in [0.5, 0.6) is 0 Å². The van der Waals surface area contributed by atoms with Crippen molar-refractivity contribution in [1.29, 1.82) is 0 Å². The standard InChI is InChI=1S/C27H36/c1-17(2)19-12-20-10-18(3)11-24(25(20)15-19)21-13-22(26(4,5)6)16-23(14-21)27(7,8)9/h10-14,16-17H,15H2,1-9H3. The lowest BCUT2D eigenvalue weighted by molar-refractivity contribution is 0.569. The van der Waals surface area contributed by atoms with Gasteiger partial charge in [-0.15, -0.1) is 0 Å². The Balaban J connectivity index is 2.22. The van der Waals surface area contributed by atoms with Crippen LogP contribution in [0.3, 0.4) is 0 Å². The lowest BCUT2D eigenvalue weighted by Gasteiger charge is -2.27. The van der Waals surface area contributed by atoms with E-state index in [1.54, 1.807) is 5.57 Å². The molecule has 0 saturated carbocycles. The summed E-state index contributed by atoms with van der Waals surface area (Å²) in [6.45, 7) is 20.7. The van der Waals surface area contributed by atoms with Crippen molar-refractivity contribution < 1.29 is 0 Å². The molecule has 2 aromatic rings. The van der Waals surface area contributed by atoms with Gasteiger partial charge in [-0.2, -0.15) is 0 Å². The van der Waals surface area contributed by atoms with Gasteiger partial charge < -0.3 is 0 Å². The molecule has 0 heterocycles. The molecule has 0 atom stereocenters. The maximum absolute atomic E-state index is 2.43. The van der Waals surface area contributed by atoms with Crippen LogP contribution in [0.4, 0.5) is 0 Å². The van der Waals surface area contributed by atoms with Gasteiger partial charge in [-0.05, 0) is 69.0 Å². The molecule has 0 radical (unpaired) electrons. The fourth-order valence-corrected chi connectivity index (χ4v) is 3.90. The predicted octanol–water partition coefficient (Wildman–Crippen LogP) is 7.85. The first-order valence-corrected chi connectivity index (χ1v) is 10.4. The van der Waals surface area contributed by atoms with E-state index in [0.29, 0.717) is 5.92 Å². The van der Waals surface area contributed by atoms with Gasteiger partial charge >= 0.3 is 0 Å². The second-order valence-electron chi connectivity index (χ2n) is 10.7. The van der Waals surface area contributed by atoms with E-state index in [1.165, 1.54) is 38.9 Å². The highest BCUT2D eigenvalue weighted by Crippen LogP contribution is 2.40. The van der Waals surface area contributed by atoms with Crippen molar-refractivity contribution in [3.63, 3.8) is 0 Å². The minimum atomic E-state index is 0.143. The molecule has 0 saturated heterocycles. The summed E-state index contributed by atoms with van der Waals surface area (Å²) in [4.78, 5) is 0. The first-order valence-electron chi connectivity index (χ1n) is 10.4. The van der Waals surface area contributed by atoms with Crippen molar-refractivity contribution >= 4 is 6.08 Å². The van der Waals surface area contributed by atoms with Crippen molar-refractivity contribution in [2.75, 3.05) is 0 Å². The summed E-state index contributed by atoms with van der Waals surface area (Å²) in [6, 6.07) is 12.0. The largest absolute Gasteiger partial charge is 0.0626 e. The Bertz CT molecular complexity index is 861. The first-order chi connectivity index (χ1) is 12.4. The van der Waals surface area contributed by atoms with E-state index in [1.807, 2.05) is 0 Å². The van der Waals surface area contributed by atoms with E-state index in [-0.39, 0.29) is 10.8 Å². The van der Waals surface area contributed by atoms with E-state index in [9.17, 15) is 0 Å². The zero-order valence-corrected chi connectivity index (χ0v) is 18.7. The highest BCUT2D eigenvalue weighted by molar-refractivity contribution is 5.79. The van der Waals surface area contributed by atoms with Gasteiger partial charge in [-0.3, -0.25) is 0 Å². The predicted molar refractivity (Wildman–Crippen MR) is 121 cm³/mol. The molecule has 0 fully saturated rings. The molecule has 0 aliphatic heterocycles. The molecule has 3 rings (SSSR count). The molecule has 0 spiro atoms. The molecule has 1 aliphatic rings. The third-order valence-electron chi connectivity index (χ3n) is 5.87. The number of rotatable bonds is 2. The van der Waals surface area contributed by atoms with E-state index < -0.39 is 0 Å². The normalized spacial score (nSPS) is 14.5. The van der Waals surface area contributed by atoms with Crippen LogP contribution >= 0.6 is 0 Å². The number of hydrogen-bond acceptors (Lipinski definition) is 0. The number of allylic oxidation sites excluding steroid dienone is 1. The van der Waals surface area contributed by atoms with Crippen molar-refractivity contribution in [3.8, 4) is 11.1 Å². The Kier molecular flexibility index (Phi) is 4.91. The minimum Gasteiger partial charge on any atom is -0.0626 e. The van der Waals surface area contributed by atoms with E-state index in [2.05, 4.69) is 98.7 Å². The third kappa shape index (κ3) is 4.05. The molecule has 0 bridgehead atoms. The summed E-state index contributed by atoms with van der Waals surface area (Å²) in [6.07, 6.45) is 3.52. The lowest BCUT2D eigenvalue weighted by atomic mass is 9.78. The van der Waals surface area contributed by atoms with Crippen LogP contribution in [0.1, 0.15) is 83.2 Å². The molecular weight excluding hydrogens is 324 g/mol. The Morgan fingerprint density at radius 1 is 0.778 bits per heavy atom. The van der Waals surface area contributed by atoms with Crippen molar-refractivity contribution in [2.24, 2.45) is 5.92 Å². The highest BCUT2D eigenvalue weighted by Gasteiger charge is 2.24. The van der Waals surface area contributed by atoms with Crippen LogP contribution in [0.2, 0.25) is 0 Å². The molecule has 0 N–H and O–H groups in total. The fraction of sp³-hybridized carbons (Fsp3) is 0.481. The van der Waals surface area contributed by atoms with E-state index >= 15 is 0 Å². The summed E-state index contributed by atoms with van der Waals surface area (Å²) in [5.41, 5.74) is 11.8. The minimum absolute atomic E-state index is 0.143. The molecule has 0 aromatic heterocycles. The molecular formula is C27H36. The van der Waals surface area contributed by atoms with Crippen molar-refractivity contribution in [3.05, 3.63) is 63.7 Å². The molecule has 0 nitrogen and oxygen atoms in total. The van der Waals surface area contributed by atoms with Gasteiger partial charge in [0.05, 0.1) is 0 Å². The summed E-state index contributed by atoms with van der Waals surface area (Å²) in [5, 5.41) is 0. The van der Waals surface area contributed by atoms with Crippen molar-refractivity contribution in [1.82, 2.24) is 0 Å². The summed E-state index contributed by atoms with van der Waals surface area (Å²) >= 11 is 0. The Morgan fingerprint density at radius 3 is 1.81 bits per heavy atom. The lowest BCUT2D eigenvalue weighted by Crippen LogP contribution is -2.16. The van der Waals surface area contributed by atoms with Crippen molar-refractivity contribution in [2.45, 2.75) is 79.6 Å². The second kappa shape index (κ2) is 6.66. The molecule has 0 heteroatoms. The molecule has 1 aliphatic carbocycles. The van der Waals surface area contributed by atoms with Crippen LogP contribution in [0.25, 0.3) is 17.2 Å². The summed E-state index contributed by atoms with van der Waals surface area (Å²) < 4.78 is 0. The topological polar surface area (TPSA) is 0 Å². The quantitative estimate of drug-likeness (QED) is 0.511. The average Bonchev–Trinajstić information content (AvgIpc) is 2.96. The number of fused-ring (bicyclic) bond motifs is 1. The maximum Gasteiger partial charge on any atom is -0.00491 e. The average molecular weight is 361 g/mol. The van der Waals surface area contributed by atoms with Crippen LogP contribution in [0, 0.1) is 12.8 Å². The van der Waals surface area contributed by atoms with E-state index in [0.717, 1.165) is 6.42 Å². The zero-order valence-electron chi connectivity index (χ0n) is 18.7. The summed E-state index contributed by atoms with van der Waals surface area (Å²) in [7, 11) is 0. The van der Waals surface area contributed by atoms with Crippen LogP contribution in [-0.2, 0) is 17.3 Å². The number of hydrogen-bond donors (Lipinski definition) is 0. The molecule has 144 valence electrons. The SMILES string of the molecule is Cc1cc2c(c(-c3cc(C(C)(C)C)cc(C(C)(C)C)c3)c1)CC(C(C)C)=C2. The fourth-order valence-electron chi connectivity index (χ4n) is 3.90. The van der Waals surface area contributed by atoms with Gasteiger partial charge in [0.1, 0.15) is 0 Å². The van der Waals surface area contributed by atoms with Crippen LogP contribution in [-0.4, -0.2) is 0 Å². The van der Waals surface area contributed by atoms with Gasteiger partial charge in [0, 0.05) is 0 Å². The van der Waals surface area contributed by atoms with Gasteiger partial charge in [-0.25, -0.2) is 0 Å². The first kappa shape index (κ1) is 19.9. The zero-order chi connectivity index (χ0) is 20.1. The van der Waals surface area contributed by atoms with Gasteiger partial charge in [-0.1, -0.05) is 97.4 Å². The molecule has 0 unspecified atom stereocenters. The van der Waals surface area contributed by atoms with Crippen LogP contribution < -0.4 is 0 Å². The van der Waals surface area contributed by atoms with Crippen LogP contribution in [0.15, 0.2) is 35.9 Å².